The lowest BCUT2D eigenvalue weighted by atomic mass is 10.0. The smallest absolute Gasteiger partial charge is 0.161 e. The molecule has 0 amide bonds. The molecule has 1 aromatic carbocycles. The van der Waals surface area contributed by atoms with E-state index in [0.717, 1.165) is 23.9 Å². The number of nitrogens with two attached hydrogens (primary N) is 1. The van der Waals surface area contributed by atoms with E-state index in [1.54, 1.807) is 6.33 Å². The van der Waals surface area contributed by atoms with Gasteiger partial charge in [-0.15, -0.1) is 0 Å². The van der Waals surface area contributed by atoms with E-state index >= 15 is 0 Å². The Labute approximate surface area is 131 Å². The van der Waals surface area contributed by atoms with Gasteiger partial charge in [0.15, 0.2) is 11.6 Å². The first-order valence-electron chi connectivity index (χ1n) is 7.84. The highest BCUT2D eigenvalue weighted by Gasteiger charge is 2.24. The number of para-hydroxylation sites is 1. The lowest BCUT2D eigenvalue weighted by Crippen LogP contribution is -2.38. The number of hydrogen-bond acceptors (Lipinski definition) is 5. The molecule has 22 heavy (non-hydrogen) atoms. The molecule has 2 N–H and O–H groups in total. The summed E-state index contributed by atoms with van der Waals surface area (Å²) in [4.78, 5) is 13.2. The van der Waals surface area contributed by atoms with Crippen LogP contribution in [0.4, 0.5) is 23.0 Å². The van der Waals surface area contributed by atoms with Gasteiger partial charge < -0.3 is 15.5 Å². The Bertz CT molecular complexity index is 628. The molecule has 2 aromatic rings. The highest BCUT2D eigenvalue weighted by Crippen LogP contribution is 2.34. The molecule has 1 aliphatic rings. The van der Waals surface area contributed by atoms with Gasteiger partial charge in [0.1, 0.15) is 12.0 Å². The largest absolute Gasteiger partial charge is 0.393 e. The van der Waals surface area contributed by atoms with Gasteiger partial charge in [-0.3, -0.25) is 0 Å². The molecule has 1 aromatic heterocycles. The lowest BCUT2D eigenvalue weighted by molar-refractivity contribution is 0.481. The molecule has 5 nitrogen and oxygen atoms in total. The van der Waals surface area contributed by atoms with Gasteiger partial charge in [0.05, 0.1) is 0 Å². The number of aromatic nitrogens is 2. The van der Waals surface area contributed by atoms with Crippen LogP contribution in [0, 0.1) is 0 Å². The van der Waals surface area contributed by atoms with Gasteiger partial charge in [0, 0.05) is 25.3 Å². The van der Waals surface area contributed by atoms with Crippen LogP contribution in [0.25, 0.3) is 0 Å². The third kappa shape index (κ3) is 2.71. The van der Waals surface area contributed by atoms with Crippen LogP contribution in [0.2, 0.25) is 0 Å². The topological polar surface area (TPSA) is 58.3 Å². The fourth-order valence-electron chi connectivity index (χ4n) is 3.06. The third-order valence-corrected chi connectivity index (χ3v) is 4.38. The Hall–Kier alpha value is -2.30. The second-order valence-corrected chi connectivity index (χ2v) is 5.87. The van der Waals surface area contributed by atoms with Gasteiger partial charge in [-0.2, -0.15) is 0 Å². The Balaban J connectivity index is 1.95. The highest BCUT2D eigenvalue weighted by atomic mass is 15.3. The maximum atomic E-state index is 6.41. The van der Waals surface area contributed by atoms with Crippen LogP contribution in [0.1, 0.15) is 26.2 Å². The molecule has 1 aliphatic heterocycles. The second kappa shape index (κ2) is 6.22. The minimum atomic E-state index is 0.473. The van der Waals surface area contributed by atoms with Crippen molar-refractivity contribution >= 4 is 23.0 Å². The van der Waals surface area contributed by atoms with E-state index in [1.165, 1.54) is 19.3 Å². The molecule has 1 fully saturated rings. The van der Waals surface area contributed by atoms with Gasteiger partial charge in [-0.25, -0.2) is 9.97 Å². The fourth-order valence-corrected chi connectivity index (χ4v) is 3.06. The summed E-state index contributed by atoms with van der Waals surface area (Å²) >= 11 is 0. The third-order valence-electron chi connectivity index (χ3n) is 4.38. The zero-order chi connectivity index (χ0) is 15.5. The van der Waals surface area contributed by atoms with Crippen LogP contribution >= 0.6 is 0 Å². The SMILES string of the molecule is CC1CCCCN1c1ncnc(N(C)c2ccccc2)c1N. The number of benzene rings is 1. The van der Waals surface area contributed by atoms with Crippen molar-refractivity contribution in [3.8, 4) is 0 Å². The highest BCUT2D eigenvalue weighted by molar-refractivity contribution is 5.79. The number of rotatable bonds is 3. The molecule has 116 valence electrons. The molecule has 1 unspecified atom stereocenters. The zero-order valence-electron chi connectivity index (χ0n) is 13.2. The number of nitrogens with zero attached hydrogens (tertiary/aromatic N) is 4. The van der Waals surface area contributed by atoms with Gasteiger partial charge in [-0.05, 0) is 38.3 Å². The molecule has 3 rings (SSSR count). The molecule has 0 aliphatic carbocycles. The van der Waals surface area contributed by atoms with E-state index in [4.69, 9.17) is 5.73 Å². The van der Waals surface area contributed by atoms with Crippen molar-refractivity contribution in [1.82, 2.24) is 9.97 Å². The molecular weight excluding hydrogens is 274 g/mol. The molecule has 5 heteroatoms. The van der Waals surface area contributed by atoms with Crippen molar-refractivity contribution in [3.63, 3.8) is 0 Å². The van der Waals surface area contributed by atoms with E-state index in [0.29, 0.717) is 11.7 Å². The number of piperidine rings is 1. The summed E-state index contributed by atoms with van der Waals surface area (Å²) in [6.45, 7) is 3.25. The van der Waals surface area contributed by atoms with Crippen molar-refractivity contribution in [2.24, 2.45) is 0 Å². The number of anilines is 4. The van der Waals surface area contributed by atoms with E-state index in [1.807, 2.05) is 42.3 Å². The summed E-state index contributed by atoms with van der Waals surface area (Å²) in [7, 11) is 1.98. The van der Waals surface area contributed by atoms with Crippen molar-refractivity contribution < 1.29 is 0 Å². The Kier molecular flexibility index (Phi) is 4.13. The van der Waals surface area contributed by atoms with Crippen LogP contribution in [-0.4, -0.2) is 29.6 Å². The molecule has 1 saturated heterocycles. The molecule has 2 heterocycles. The molecular formula is C17H23N5. The van der Waals surface area contributed by atoms with Crippen LogP contribution in [-0.2, 0) is 0 Å². The van der Waals surface area contributed by atoms with Crippen LogP contribution in [0.15, 0.2) is 36.7 Å². The van der Waals surface area contributed by atoms with Crippen LogP contribution in [0.3, 0.4) is 0 Å². The second-order valence-electron chi connectivity index (χ2n) is 5.87. The lowest BCUT2D eigenvalue weighted by Gasteiger charge is -2.35. The first kappa shape index (κ1) is 14.6. The molecule has 1 atom stereocenters. The van der Waals surface area contributed by atoms with E-state index in [2.05, 4.69) is 21.8 Å². The fraction of sp³-hybridized carbons (Fsp3) is 0.412. The van der Waals surface area contributed by atoms with E-state index in [-0.39, 0.29) is 0 Å². The van der Waals surface area contributed by atoms with Crippen LogP contribution in [0.5, 0.6) is 0 Å². The van der Waals surface area contributed by atoms with Crippen molar-refractivity contribution in [3.05, 3.63) is 36.7 Å². The predicted octanol–water partition coefficient (Wildman–Crippen LogP) is 3.21. The van der Waals surface area contributed by atoms with Crippen molar-refractivity contribution in [2.45, 2.75) is 32.2 Å². The van der Waals surface area contributed by atoms with Crippen molar-refractivity contribution in [1.29, 1.82) is 0 Å². The summed E-state index contributed by atoms with van der Waals surface area (Å²) in [5.41, 5.74) is 8.12. The predicted molar refractivity (Wildman–Crippen MR) is 91.6 cm³/mol. The molecule has 0 radical (unpaired) electrons. The summed E-state index contributed by atoms with van der Waals surface area (Å²) < 4.78 is 0. The Morgan fingerprint density at radius 2 is 1.95 bits per heavy atom. The van der Waals surface area contributed by atoms with Crippen molar-refractivity contribution in [2.75, 3.05) is 29.1 Å². The standard InChI is InChI=1S/C17H23N5/c1-13-8-6-7-11-22(13)17-15(18)16(19-12-20-17)21(2)14-9-4-3-5-10-14/h3-5,9-10,12-13H,6-8,11,18H2,1-2H3. The molecule has 0 bridgehead atoms. The first-order valence-corrected chi connectivity index (χ1v) is 7.84. The minimum Gasteiger partial charge on any atom is -0.393 e. The monoisotopic (exact) mass is 297 g/mol. The maximum Gasteiger partial charge on any atom is 0.161 e. The summed E-state index contributed by atoms with van der Waals surface area (Å²) in [5, 5.41) is 0. The zero-order valence-corrected chi connectivity index (χ0v) is 13.2. The number of nitrogen functional groups attached to an aromatic ring is 1. The minimum absolute atomic E-state index is 0.473. The van der Waals surface area contributed by atoms with Crippen LogP contribution < -0.4 is 15.5 Å². The quantitative estimate of drug-likeness (QED) is 0.942. The average Bonchev–Trinajstić information content (AvgIpc) is 2.56. The average molecular weight is 297 g/mol. The van der Waals surface area contributed by atoms with Gasteiger partial charge in [-0.1, -0.05) is 18.2 Å². The maximum absolute atomic E-state index is 6.41. The molecule has 0 saturated carbocycles. The normalized spacial score (nSPS) is 18.3. The van der Waals surface area contributed by atoms with Gasteiger partial charge >= 0.3 is 0 Å². The summed E-state index contributed by atoms with van der Waals surface area (Å²) in [5.74, 6) is 1.62. The van der Waals surface area contributed by atoms with E-state index < -0.39 is 0 Å². The summed E-state index contributed by atoms with van der Waals surface area (Å²) in [6.07, 6.45) is 5.27. The Morgan fingerprint density at radius 3 is 2.68 bits per heavy atom. The summed E-state index contributed by atoms with van der Waals surface area (Å²) in [6, 6.07) is 10.6. The Morgan fingerprint density at radius 1 is 1.18 bits per heavy atom. The van der Waals surface area contributed by atoms with E-state index in [9.17, 15) is 0 Å². The van der Waals surface area contributed by atoms with Gasteiger partial charge in [0.2, 0.25) is 0 Å². The molecule has 0 spiro atoms. The van der Waals surface area contributed by atoms with Gasteiger partial charge in [0.25, 0.3) is 0 Å². The number of hydrogen-bond donors (Lipinski definition) is 1. The first-order chi connectivity index (χ1) is 10.7.